The molecule has 0 saturated heterocycles. The van der Waals surface area contributed by atoms with E-state index in [1.807, 2.05) is 6.07 Å². The first-order valence-electron chi connectivity index (χ1n) is 8.65. The van der Waals surface area contributed by atoms with Crippen molar-refractivity contribution in [2.75, 3.05) is 5.32 Å². The normalized spacial score (nSPS) is 10.7. The summed E-state index contributed by atoms with van der Waals surface area (Å²) < 4.78 is 2.66. The molecule has 1 amide bonds. The Balaban J connectivity index is 1.62. The summed E-state index contributed by atoms with van der Waals surface area (Å²) in [5.74, 6) is -0.501. The summed E-state index contributed by atoms with van der Waals surface area (Å²) in [6, 6.07) is 13.5. The van der Waals surface area contributed by atoms with Gasteiger partial charge in [0.25, 0.3) is 5.56 Å². The van der Waals surface area contributed by atoms with Crippen LogP contribution in [0.25, 0.3) is 16.7 Å². The Hall–Kier alpha value is -3.67. The molecular formula is C20H12Cl2N6O2. The lowest BCUT2D eigenvalue weighted by Crippen LogP contribution is -2.28. The molecule has 0 aliphatic carbocycles. The Bertz CT molecular complexity index is 1390. The number of rotatable bonds is 4. The van der Waals surface area contributed by atoms with Crippen molar-refractivity contribution in [2.24, 2.45) is 0 Å². The molecule has 0 aliphatic heterocycles. The third-order valence-corrected chi connectivity index (χ3v) is 4.77. The van der Waals surface area contributed by atoms with Crippen LogP contribution in [0, 0.1) is 11.3 Å². The molecule has 148 valence electrons. The molecule has 30 heavy (non-hydrogen) atoms. The van der Waals surface area contributed by atoms with Gasteiger partial charge in [-0.2, -0.15) is 10.4 Å². The van der Waals surface area contributed by atoms with Gasteiger partial charge in [0.1, 0.15) is 24.3 Å². The third-order valence-electron chi connectivity index (χ3n) is 4.30. The van der Waals surface area contributed by atoms with Gasteiger partial charge in [0.15, 0.2) is 5.65 Å². The fourth-order valence-corrected chi connectivity index (χ4v) is 3.28. The highest BCUT2D eigenvalue weighted by Gasteiger charge is 2.14. The number of nitriles is 1. The lowest BCUT2D eigenvalue weighted by atomic mass is 10.2. The van der Waals surface area contributed by atoms with Gasteiger partial charge in [0.2, 0.25) is 5.91 Å². The molecule has 8 nitrogen and oxygen atoms in total. The van der Waals surface area contributed by atoms with E-state index in [0.29, 0.717) is 21.4 Å². The molecule has 2 aromatic heterocycles. The molecule has 10 heteroatoms. The second kappa shape index (κ2) is 7.99. The van der Waals surface area contributed by atoms with Crippen LogP contribution in [0.15, 0.2) is 59.8 Å². The van der Waals surface area contributed by atoms with E-state index in [1.54, 1.807) is 30.3 Å². The van der Waals surface area contributed by atoms with Crippen molar-refractivity contribution in [3.63, 3.8) is 0 Å². The van der Waals surface area contributed by atoms with E-state index in [9.17, 15) is 9.59 Å². The Morgan fingerprint density at radius 3 is 2.73 bits per heavy atom. The van der Waals surface area contributed by atoms with Crippen molar-refractivity contribution in [1.82, 2.24) is 19.3 Å². The molecule has 0 fully saturated rings. The number of amides is 1. The van der Waals surface area contributed by atoms with Gasteiger partial charge in [-0.1, -0.05) is 29.3 Å². The summed E-state index contributed by atoms with van der Waals surface area (Å²) in [5.41, 5.74) is 1.11. The topological polar surface area (TPSA) is 106 Å². The van der Waals surface area contributed by atoms with Crippen molar-refractivity contribution in [3.05, 3.63) is 81.0 Å². The zero-order valence-electron chi connectivity index (χ0n) is 15.2. The van der Waals surface area contributed by atoms with Crippen molar-refractivity contribution in [3.8, 4) is 11.8 Å². The summed E-state index contributed by atoms with van der Waals surface area (Å²) in [7, 11) is 0. The third kappa shape index (κ3) is 3.76. The van der Waals surface area contributed by atoms with Crippen molar-refractivity contribution in [2.45, 2.75) is 6.54 Å². The van der Waals surface area contributed by atoms with Gasteiger partial charge in [0.05, 0.1) is 23.1 Å². The van der Waals surface area contributed by atoms with Crippen LogP contribution in [-0.2, 0) is 11.3 Å². The number of carbonyl (C=O) groups excluding carboxylic acids is 1. The van der Waals surface area contributed by atoms with Crippen LogP contribution in [0.1, 0.15) is 5.56 Å². The first-order chi connectivity index (χ1) is 14.5. The first-order valence-corrected chi connectivity index (χ1v) is 9.40. The summed E-state index contributed by atoms with van der Waals surface area (Å²) in [5, 5.41) is 17.1. The number of aromatic nitrogens is 4. The van der Waals surface area contributed by atoms with Gasteiger partial charge in [-0.3, -0.25) is 14.2 Å². The number of benzene rings is 2. The first kappa shape index (κ1) is 19.6. The maximum atomic E-state index is 12.8. The molecular weight excluding hydrogens is 427 g/mol. The van der Waals surface area contributed by atoms with Crippen LogP contribution in [-0.4, -0.2) is 25.2 Å². The van der Waals surface area contributed by atoms with Crippen LogP contribution in [0.3, 0.4) is 0 Å². The fourth-order valence-electron chi connectivity index (χ4n) is 2.92. The summed E-state index contributed by atoms with van der Waals surface area (Å²) in [6.45, 7) is -0.290. The number of hydrogen-bond acceptors (Lipinski definition) is 5. The molecule has 0 saturated carbocycles. The molecule has 0 aliphatic rings. The summed E-state index contributed by atoms with van der Waals surface area (Å²) in [4.78, 5) is 29.5. The van der Waals surface area contributed by atoms with E-state index >= 15 is 0 Å². The predicted molar refractivity (Wildman–Crippen MR) is 113 cm³/mol. The van der Waals surface area contributed by atoms with Gasteiger partial charge in [-0.25, -0.2) is 9.67 Å². The van der Waals surface area contributed by atoms with Crippen LogP contribution < -0.4 is 10.9 Å². The minimum atomic E-state index is -0.501. The number of carbonyl (C=O) groups is 1. The van der Waals surface area contributed by atoms with E-state index < -0.39 is 11.5 Å². The minimum Gasteiger partial charge on any atom is -0.323 e. The average molecular weight is 439 g/mol. The second-order valence-electron chi connectivity index (χ2n) is 6.30. The van der Waals surface area contributed by atoms with E-state index in [4.69, 9.17) is 28.5 Å². The second-order valence-corrected chi connectivity index (χ2v) is 7.17. The van der Waals surface area contributed by atoms with Crippen LogP contribution in [0.5, 0.6) is 0 Å². The average Bonchev–Trinajstić information content (AvgIpc) is 3.15. The molecule has 4 rings (SSSR count). The molecule has 0 radical (unpaired) electrons. The van der Waals surface area contributed by atoms with Gasteiger partial charge in [-0.15, -0.1) is 0 Å². The zero-order valence-corrected chi connectivity index (χ0v) is 16.7. The number of hydrogen-bond donors (Lipinski definition) is 1. The Kier molecular flexibility index (Phi) is 5.23. The SMILES string of the molecule is N#Cc1ccc(Cl)cc1NC(=O)Cn1cnc2c(cnn2-c2cccc(Cl)c2)c1=O. The molecule has 1 N–H and O–H groups in total. The summed E-state index contributed by atoms with van der Waals surface area (Å²) in [6.07, 6.45) is 2.67. The maximum absolute atomic E-state index is 12.8. The lowest BCUT2D eigenvalue weighted by molar-refractivity contribution is -0.116. The molecule has 4 aromatic rings. The molecule has 0 atom stereocenters. The van der Waals surface area contributed by atoms with E-state index in [-0.39, 0.29) is 23.2 Å². The number of halogens is 2. The predicted octanol–water partition coefficient (Wildman–Crippen LogP) is 3.40. The smallest absolute Gasteiger partial charge is 0.264 e. The van der Waals surface area contributed by atoms with Gasteiger partial charge >= 0.3 is 0 Å². The molecule has 2 aromatic carbocycles. The largest absolute Gasteiger partial charge is 0.323 e. The highest BCUT2D eigenvalue weighted by atomic mass is 35.5. The van der Waals surface area contributed by atoms with Gasteiger partial charge in [-0.05, 0) is 36.4 Å². The fraction of sp³-hybridized carbons (Fsp3) is 0.0500. The Morgan fingerprint density at radius 2 is 1.97 bits per heavy atom. The number of nitrogens with zero attached hydrogens (tertiary/aromatic N) is 5. The van der Waals surface area contributed by atoms with Gasteiger partial charge < -0.3 is 5.32 Å². The van der Waals surface area contributed by atoms with E-state index in [1.165, 1.54) is 29.3 Å². The molecule has 0 spiro atoms. The van der Waals surface area contributed by atoms with Crippen LogP contribution in [0.2, 0.25) is 10.0 Å². The van der Waals surface area contributed by atoms with Crippen LogP contribution >= 0.6 is 23.2 Å². The lowest BCUT2D eigenvalue weighted by Gasteiger charge is -2.09. The standard InChI is InChI=1S/C20H12Cl2N6O2/c21-13-2-1-3-15(6-13)28-19-16(9-25-28)20(30)27(11-24-19)10-18(29)26-17-7-14(22)5-4-12(17)8-23/h1-7,9,11H,10H2,(H,26,29). The summed E-state index contributed by atoms with van der Waals surface area (Å²) >= 11 is 12.0. The maximum Gasteiger partial charge on any atom is 0.264 e. The highest BCUT2D eigenvalue weighted by molar-refractivity contribution is 6.31. The minimum absolute atomic E-state index is 0.255. The molecule has 2 heterocycles. The van der Waals surface area contributed by atoms with Crippen LogP contribution in [0.4, 0.5) is 5.69 Å². The van der Waals surface area contributed by atoms with Crippen molar-refractivity contribution in [1.29, 1.82) is 5.26 Å². The Morgan fingerprint density at radius 1 is 1.17 bits per heavy atom. The van der Waals surface area contributed by atoms with E-state index in [2.05, 4.69) is 15.4 Å². The van der Waals surface area contributed by atoms with Crippen molar-refractivity contribution < 1.29 is 4.79 Å². The number of fused-ring (bicyclic) bond motifs is 1. The van der Waals surface area contributed by atoms with Crippen molar-refractivity contribution >= 4 is 45.8 Å². The molecule has 0 bridgehead atoms. The highest BCUT2D eigenvalue weighted by Crippen LogP contribution is 2.20. The molecule has 0 unspecified atom stereocenters. The van der Waals surface area contributed by atoms with Gasteiger partial charge in [0, 0.05) is 10.0 Å². The Labute approximate surface area is 179 Å². The monoisotopic (exact) mass is 438 g/mol. The van der Waals surface area contributed by atoms with E-state index in [0.717, 1.165) is 4.57 Å². The quantitative estimate of drug-likeness (QED) is 0.525. The number of anilines is 1. The number of nitrogens with one attached hydrogen (secondary N) is 1. The zero-order chi connectivity index (χ0) is 21.3.